The van der Waals surface area contributed by atoms with Gasteiger partial charge in [-0.1, -0.05) is 17.7 Å². The summed E-state index contributed by atoms with van der Waals surface area (Å²) < 4.78 is 0. The highest BCUT2D eigenvalue weighted by Crippen LogP contribution is 2.30. The zero-order valence-electron chi connectivity index (χ0n) is 4.92. The van der Waals surface area contributed by atoms with E-state index >= 15 is 0 Å². The maximum Gasteiger partial charge on any atom is 0.150 e. The van der Waals surface area contributed by atoms with Crippen molar-refractivity contribution in [2.24, 2.45) is 0 Å². The van der Waals surface area contributed by atoms with Crippen molar-refractivity contribution >= 4 is 11.6 Å². The van der Waals surface area contributed by atoms with Crippen LogP contribution in [0.1, 0.15) is 0 Å². The molecule has 2 aliphatic heterocycles. The fraction of sp³-hybridized carbons (Fsp3) is 0.667. The van der Waals surface area contributed by atoms with Gasteiger partial charge in [0, 0.05) is 19.1 Å². The zero-order valence-corrected chi connectivity index (χ0v) is 5.67. The van der Waals surface area contributed by atoms with Gasteiger partial charge in [0.2, 0.25) is 0 Å². The summed E-state index contributed by atoms with van der Waals surface area (Å²) in [5, 5.41) is 8.86. The summed E-state index contributed by atoms with van der Waals surface area (Å²) in [6, 6.07) is 0.605. The highest BCUT2D eigenvalue weighted by Gasteiger charge is 2.38. The Balaban J connectivity index is 2.07. The molecule has 0 aliphatic carbocycles. The van der Waals surface area contributed by atoms with Crippen LogP contribution in [0.15, 0.2) is 11.6 Å². The minimum atomic E-state index is -0.752. The number of alkyl halides is 1. The molecule has 2 rings (SSSR count). The molecule has 3 atom stereocenters. The average Bonchev–Trinajstić information content (AvgIpc) is 2.40. The van der Waals surface area contributed by atoms with Crippen molar-refractivity contribution in [1.82, 2.24) is 4.90 Å². The van der Waals surface area contributed by atoms with Crippen molar-refractivity contribution in [2.75, 3.05) is 13.1 Å². The van der Waals surface area contributed by atoms with Crippen LogP contribution >= 0.6 is 11.6 Å². The molecule has 1 saturated heterocycles. The van der Waals surface area contributed by atoms with Gasteiger partial charge in [0.1, 0.15) is 0 Å². The molecule has 2 heterocycles. The fourth-order valence-electron chi connectivity index (χ4n) is 1.22. The summed E-state index contributed by atoms with van der Waals surface area (Å²) in [5.41, 5.74) is 0.214. The zero-order chi connectivity index (χ0) is 6.43. The number of rotatable bonds is 1. The second-order valence-electron chi connectivity index (χ2n) is 2.57. The van der Waals surface area contributed by atoms with E-state index in [-0.39, 0.29) is 0 Å². The van der Waals surface area contributed by atoms with Crippen molar-refractivity contribution in [1.29, 1.82) is 0 Å². The maximum absolute atomic E-state index is 8.86. The molecular weight excluding hydrogens is 138 g/mol. The highest BCUT2D eigenvalue weighted by atomic mass is 35.5. The lowest BCUT2D eigenvalue weighted by Gasteiger charge is -2.02. The predicted molar refractivity (Wildman–Crippen MR) is 35.3 cm³/mol. The summed E-state index contributed by atoms with van der Waals surface area (Å²) in [4.78, 5) is 2.25. The second-order valence-corrected chi connectivity index (χ2v) is 2.99. The van der Waals surface area contributed by atoms with Gasteiger partial charge in [-0.25, -0.2) is 0 Å². The molecular formula is C6H8ClNO. The monoisotopic (exact) mass is 145 g/mol. The Kier molecular flexibility index (Phi) is 1.09. The molecule has 0 bridgehead atoms. The molecule has 0 aromatic heterocycles. The Hall–Kier alpha value is -0.0500. The minimum Gasteiger partial charge on any atom is -0.374 e. The molecule has 3 heteroatoms. The number of hydrogen-bond acceptors (Lipinski definition) is 2. The van der Waals surface area contributed by atoms with Crippen LogP contribution in [0.25, 0.3) is 0 Å². The van der Waals surface area contributed by atoms with Gasteiger partial charge < -0.3 is 5.11 Å². The Morgan fingerprint density at radius 3 is 3.00 bits per heavy atom. The largest absolute Gasteiger partial charge is 0.374 e. The van der Waals surface area contributed by atoms with Crippen molar-refractivity contribution in [2.45, 2.75) is 11.6 Å². The molecule has 0 aromatic carbocycles. The molecule has 2 aliphatic rings. The van der Waals surface area contributed by atoms with E-state index in [2.05, 4.69) is 11.0 Å². The van der Waals surface area contributed by atoms with Crippen molar-refractivity contribution in [3.63, 3.8) is 0 Å². The van der Waals surface area contributed by atoms with E-state index in [4.69, 9.17) is 16.7 Å². The molecule has 3 unspecified atom stereocenters. The Morgan fingerprint density at radius 1 is 1.89 bits per heavy atom. The summed E-state index contributed by atoms with van der Waals surface area (Å²) in [5.74, 6) is 0. The van der Waals surface area contributed by atoms with Crippen LogP contribution in [-0.2, 0) is 0 Å². The molecule has 0 spiro atoms. The molecule has 1 fully saturated rings. The van der Waals surface area contributed by atoms with E-state index in [0.29, 0.717) is 6.04 Å². The molecule has 50 valence electrons. The number of halogens is 1. The van der Waals surface area contributed by atoms with Crippen molar-refractivity contribution < 1.29 is 5.11 Å². The third-order valence-corrected chi connectivity index (χ3v) is 2.14. The smallest absolute Gasteiger partial charge is 0.150 e. The quantitative estimate of drug-likeness (QED) is 0.323. The molecule has 0 saturated carbocycles. The lowest BCUT2D eigenvalue weighted by atomic mass is 10.2. The first kappa shape index (κ1) is 5.71. The normalized spacial score (nSPS) is 41.8. The number of hydrogen-bond donors (Lipinski definition) is 1. The summed E-state index contributed by atoms with van der Waals surface area (Å²) in [6.07, 6.45) is 2.05. The highest BCUT2D eigenvalue weighted by molar-refractivity contribution is 6.21. The van der Waals surface area contributed by atoms with Gasteiger partial charge in [-0.15, -0.1) is 0 Å². The van der Waals surface area contributed by atoms with Gasteiger partial charge in [0.05, 0.1) is 0 Å². The lowest BCUT2D eigenvalue weighted by Crippen LogP contribution is -2.07. The lowest BCUT2D eigenvalue weighted by molar-refractivity contribution is 0.285. The van der Waals surface area contributed by atoms with Gasteiger partial charge in [-0.2, -0.15) is 0 Å². The van der Waals surface area contributed by atoms with E-state index in [1.54, 1.807) is 0 Å². The molecule has 2 nitrogen and oxygen atoms in total. The van der Waals surface area contributed by atoms with E-state index in [1.807, 2.05) is 0 Å². The van der Waals surface area contributed by atoms with Gasteiger partial charge >= 0.3 is 0 Å². The van der Waals surface area contributed by atoms with Crippen LogP contribution in [0.2, 0.25) is 0 Å². The first-order valence-electron chi connectivity index (χ1n) is 3.04. The van der Waals surface area contributed by atoms with Crippen LogP contribution in [0, 0.1) is 0 Å². The number of aliphatic hydroxyl groups excluding tert-OH is 1. The van der Waals surface area contributed by atoms with Crippen LogP contribution in [-0.4, -0.2) is 34.7 Å². The number of fused-ring (bicyclic) bond motifs is 1. The first-order chi connectivity index (χ1) is 4.27. The SMILES string of the molecule is OC(Cl)C1=CC2CN2C1. The molecule has 0 aromatic rings. The second kappa shape index (κ2) is 1.72. The van der Waals surface area contributed by atoms with Crippen LogP contribution < -0.4 is 0 Å². The third-order valence-electron chi connectivity index (χ3n) is 1.86. The molecule has 0 amide bonds. The van der Waals surface area contributed by atoms with Gasteiger partial charge in [0.25, 0.3) is 0 Å². The summed E-state index contributed by atoms with van der Waals surface area (Å²) in [6.45, 7) is 2.03. The fourth-order valence-corrected chi connectivity index (χ4v) is 1.36. The molecule has 9 heavy (non-hydrogen) atoms. The summed E-state index contributed by atoms with van der Waals surface area (Å²) in [7, 11) is 0. The molecule has 1 N–H and O–H groups in total. The van der Waals surface area contributed by atoms with Gasteiger partial charge in [-0.3, -0.25) is 4.90 Å². The first-order valence-corrected chi connectivity index (χ1v) is 3.48. The van der Waals surface area contributed by atoms with Crippen LogP contribution in [0.5, 0.6) is 0 Å². The summed E-state index contributed by atoms with van der Waals surface area (Å²) >= 11 is 5.43. The third kappa shape index (κ3) is 0.874. The van der Waals surface area contributed by atoms with E-state index in [1.165, 1.54) is 0 Å². The minimum absolute atomic E-state index is 0.605. The van der Waals surface area contributed by atoms with Crippen LogP contribution in [0.4, 0.5) is 0 Å². The average molecular weight is 146 g/mol. The van der Waals surface area contributed by atoms with Crippen molar-refractivity contribution in [3.8, 4) is 0 Å². The van der Waals surface area contributed by atoms with E-state index in [9.17, 15) is 0 Å². The standard InChI is InChI=1S/C6H8ClNO/c7-6(9)4-1-5-3-8(5)2-4/h1,5-6,9H,2-3H2. The maximum atomic E-state index is 8.86. The molecule has 0 radical (unpaired) electrons. The Morgan fingerprint density at radius 2 is 2.67 bits per heavy atom. The Bertz CT molecular complexity index is 166. The predicted octanol–water partition coefficient (Wildman–Crippen LogP) is 0.168. The topological polar surface area (TPSA) is 23.2 Å². The van der Waals surface area contributed by atoms with Gasteiger partial charge in [-0.05, 0) is 5.57 Å². The Labute approximate surface area is 58.7 Å². The number of nitrogens with zero attached hydrogens (tertiary/aromatic N) is 1. The van der Waals surface area contributed by atoms with Crippen LogP contribution in [0.3, 0.4) is 0 Å². The van der Waals surface area contributed by atoms with Gasteiger partial charge in [0.15, 0.2) is 5.56 Å². The van der Waals surface area contributed by atoms with E-state index < -0.39 is 5.56 Å². The van der Waals surface area contributed by atoms with E-state index in [0.717, 1.165) is 18.7 Å². The van der Waals surface area contributed by atoms with Crippen molar-refractivity contribution in [3.05, 3.63) is 11.6 Å². The number of aliphatic hydroxyl groups is 1.